The highest BCUT2D eigenvalue weighted by Gasteiger charge is 2.78. The number of aromatic hydroxyl groups is 1. The summed E-state index contributed by atoms with van der Waals surface area (Å²) in [6.45, 7) is 5.26. The zero-order valence-corrected chi connectivity index (χ0v) is 23.1. The molecule has 5 atom stereocenters. The number of alkyl halides is 2. The summed E-state index contributed by atoms with van der Waals surface area (Å²) in [6, 6.07) is 7.80. The Kier molecular flexibility index (Phi) is 7.92. The molecule has 0 aromatic heterocycles. The number of β-lactam (4-membered cyclic amide) rings is 1. The molecular formula is C29H35F2N3O6. The van der Waals surface area contributed by atoms with Crippen molar-refractivity contribution in [1.82, 2.24) is 15.1 Å². The summed E-state index contributed by atoms with van der Waals surface area (Å²) < 4.78 is 36.2. The number of halogens is 2. The summed E-state index contributed by atoms with van der Waals surface area (Å²) in [5.74, 6) is -5.97. The van der Waals surface area contributed by atoms with Gasteiger partial charge >= 0.3 is 0 Å². The number of hydrogen-bond acceptors (Lipinski definition) is 6. The number of amides is 3. The van der Waals surface area contributed by atoms with E-state index >= 15 is 8.78 Å². The molecule has 11 heteroatoms. The molecule has 2 aliphatic rings. The van der Waals surface area contributed by atoms with Crippen LogP contribution in [0.15, 0.2) is 42.5 Å². The second-order valence-corrected chi connectivity index (χ2v) is 10.7. The van der Waals surface area contributed by atoms with E-state index < -0.39 is 60.0 Å². The van der Waals surface area contributed by atoms with Crippen LogP contribution in [0, 0.1) is 13.8 Å². The number of benzene rings is 2. The molecule has 9 nitrogen and oxygen atoms in total. The topological polar surface area (TPSA) is 119 Å². The molecule has 3 amide bonds. The van der Waals surface area contributed by atoms with Crippen molar-refractivity contribution in [1.29, 1.82) is 0 Å². The minimum Gasteiger partial charge on any atom is -0.508 e. The van der Waals surface area contributed by atoms with Crippen LogP contribution in [-0.4, -0.2) is 87.6 Å². The smallest absolute Gasteiger partial charge is 0.290 e. The fraction of sp³-hybridized carbons (Fsp3) is 0.483. The van der Waals surface area contributed by atoms with E-state index in [2.05, 4.69) is 5.32 Å². The van der Waals surface area contributed by atoms with Crippen LogP contribution in [0.25, 0.3) is 0 Å². The summed E-state index contributed by atoms with van der Waals surface area (Å²) in [5, 5.41) is 24.1. The summed E-state index contributed by atoms with van der Waals surface area (Å²) in [6.07, 6.45) is -1.60. The first kappa shape index (κ1) is 29.4. The minimum absolute atomic E-state index is 0.0627. The number of aryl methyl sites for hydroxylation is 1. The van der Waals surface area contributed by atoms with E-state index in [-0.39, 0.29) is 17.9 Å². The van der Waals surface area contributed by atoms with Crippen molar-refractivity contribution in [2.45, 2.75) is 69.8 Å². The highest BCUT2D eigenvalue weighted by Crippen LogP contribution is 2.53. The molecule has 2 heterocycles. The number of phenolic OH excluding ortho intramolecular Hbond substituents is 1. The maximum absolute atomic E-state index is 15.5. The van der Waals surface area contributed by atoms with Crippen molar-refractivity contribution < 1.29 is 38.1 Å². The first-order valence-electron chi connectivity index (χ1n) is 13.1. The third-order valence-electron chi connectivity index (χ3n) is 8.19. The van der Waals surface area contributed by atoms with Gasteiger partial charge in [-0.3, -0.25) is 14.4 Å². The SMILES string of the molecule is CC[C@@H](COC)N1C(=O)[C@H]2N(C(=O)[C@@H](O)C(NC(=O)c3cc(C)cc(O)c3C)c3ccccc3)CC(F)(F)C21C. The molecule has 2 aromatic carbocycles. The Morgan fingerprint density at radius 2 is 1.85 bits per heavy atom. The van der Waals surface area contributed by atoms with Gasteiger partial charge in [-0.05, 0) is 50.5 Å². The highest BCUT2D eigenvalue weighted by molar-refractivity contribution is 5.99. The average molecular weight is 560 g/mol. The van der Waals surface area contributed by atoms with Crippen molar-refractivity contribution in [2.75, 3.05) is 20.3 Å². The number of aliphatic hydroxyl groups is 1. The number of ether oxygens (including phenoxy) is 1. The number of rotatable bonds is 9. The van der Waals surface area contributed by atoms with E-state index in [1.54, 1.807) is 57.2 Å². The number of aliphatic hydroxyl groups excluding tert-OH is 1. The standard InChI is InChI=1S/C29H35F2N3O6/c1-6-19(14-40-5)34-27(39)24-28(34,4)29(30,31)15-33(24)26(38)23(36)22(18-10-8-7-9-11-18)32-25(37)20-12-16(2)13-21(35)17(20)3/h7-13,19,22-24,35-36H,6,14-15H2,1-5H3,(H,32,37)/t19-,22?,23-,24+,28?/m0/s1. The monoisotopic (exact) mass is 559 g/mol. The number of nitrogens with one attached hydrogen (secondary N) is 1. The fourth-order valence-corrected chi connectivity index (χ4v) is 5.89. The second-order valence-electron chi connectivity index (χ2n) is 10.7. The van der Waals surface area contributed by atoms with Crippen LogP contribution in [0.1, 0.15) is 53.4 Å². The number of carbonyl (C=O) groups excluding carboxylic acids is 3. The molecule has 0 bridgehead atoms. The molecule has 4 rings (SSSR count). The van der Waals surface area contributed by atoms with E-state index in [0.717, 1.165) is 9.80 Å². The number of fused-ring (bicyclic) bond motifs is 1. The van der Waals surface area contributed by atoms with Gasteiger partial charge in [-0.25, -0.2) is 8.78 Å². The molecular weight excluding hydrogens is 524 g/mol. The van der Waals surface area contributed by atoms with E-state index in [0.29, 0.717) is 23.1 Å². The third-order valence-corrected chi connectivity index (χ3v) is 8.19. The quantitative estimate of drug-likeness (QED) is 0.407. The van der Waals surface area contributed by atoms with Gasteiger partial charge in [0.15, 0.2) is 6.10 Å². The molecule has 2 saturated heterocycles. The lowest BCUT2D eigenvalue weighted by Crippen LogP contribution is -2.80. The lowest BCUT2D eigenvalue weighted by Gasteiger charge is -2.57. The normalized spacial score (nSPS) is 23.7. The summed E-state index contributed by atoms with van der Waals surface area (Å²) in [5.41, 5.74) is -0.570. The van der Waals surface area contributed by atoms with Gasteiger partial charge in [0, 0.05) is 18.2 Å². The lowest BCUT2D eigenvalue weighted by molar-refractivity contribution is -0.201. The van der Waals surface area contributed by atoms with Crippen LogP contribution in [0.2, 0.25) is 0 Å². The van der Waals surface area contributed by atoms with Crippen LogP contribution in [0.3, 0.4) is 0 Å². The molecule has 2 aromatic rings. The largest absolute Gasteiger partial charge is 0.508 e. The molecule has 2 fully saturated rings. The van der Waals surface area contributed by atoms with E-state index in [1.165, 1.54) is 20.1 Å². The first-order chi connectivity index (χ1) is 18.8. The number of hydrogen-bond donors (Lipinski definition) is 3. The number of likely N-dealkylation sites (tertiary alicyclic amines) is 2. The van der Waals surface area contributed by atoms with Gasteiger partial charge in [-0.15, -0.1) is 0 Å². The zero-order chi connectivity index (χ0) is 29.6. The maximum atomic E-state index is 15.5. The van der Waals surface area contributed by atoms with Crippen LogP contribution >= 0.6 is 0 Å². The van der Waals surface area contributed by atoms with Crippen LogP contribution in [0.4, 0.5) is 8.78 Å². The number of phenols is 1. The molecule has 0 saturated carbocycles. The Labute approximate surface area is 231 Å². The van der Waals surface area contributed by atoms with Gasteiger partial charge in [-0.1, -0.05) is 37.3 Å². The van der Waals surface area contributed by atoms with Gasteiger partial charge in [0.2, 0.25) is 5.91 Å². The molecule has 216 valence electrons. The Morgan fingerprint density at radius 3 is 2.45 bits per heavy atom. The van der Waals surface area contributed by atoms with Crippen LogP contribution in [0.5, 0.6) is 5.75 Å². The molecule has 0 aliphatic carbocycles. The third kappa shape index (κ3) is 4.60. The van der Waals surface area contributed by atoms with Crippen molar-refractivity contribution in [3.63, 3.8) is 0 Å². The van der Waals surface area contributed by atoms with Gasteiger partial charge in [0.1, 0.15) is 17.3 Å². The Balaban J connectivity index is 1.65. The Bertz CT molecular complexity index is 1310. The van der Waals surface area contributed by atoms with Crippen molar-refractivity contribution in [3.8, 4) is 5.75 Å². The van der Waals surface area contributed by atoms with Crippen molar-refractivity contribution in [3.05, 3.63) is 64.7 Å². The molecule has 0 radical (unpaired) electrons. The predicted molar refractivity (Wildman–Crippen MR) is 142 cm³/mol. The fourth-order valence-electron chi connectivity index (χ4n) is 5.89. The number of nitrogens with zero attached hydrogens (tertiary/aromatic N) is 2. The second kappa shape index (κ2) is 10.8. The molecule has 2 unspecified atom stereocenters. The summed E-state index contributed by atoms with van der Waals surface area (Å²) in [4.78, 5) is 42.0. The average Bonchev–Trinajstić information content (AvgIpc) is 3.10. The number of methoxy groups -OCH3 is 1. The first-order valence-corrected chi connectivity index (χ1v) is 13.1. The van der Waals surface area contributed by atoms with Gasteiger partial charge in [-0.2, -0.15) is 0 Å². The van der Waals surface area contributed by atoms with Crippen LogP contribution < -0.4 is 5.32 Å². The molecule has 2 aliphatic heterocycles. The molecule has 40 heavy (non-hydrogen) atoms. The number of carbonyl (C=O) groups is 3. The predicted octanol–water partition coefficient (Wildman–Crippen LogP) is 2.71. The minimum atomic E-state index is -3.45. The molecule has 0 spiro atoms. The van der Waals surface area contributed by atoms with Gasteiger partial charge in [0.05, 0.1) is 25.2 Å². The van der Waals surface area contributed by atoms with Crippen molar-refractivity contribution >= 4 is 17.7 Å². The highest BCUT2D eigenvalue weighted by atomic mass is 19.3. The van der Waals surface area contributed by atoms with Gasteiger partial charge < -0.3 is 30.1 Å². The van der Waals surface area contributed by atoms with E-state index in [4.69, 9.17) is 4.74 Å². The zero-order valence-electron chi connectivity index (χ0n) is 23.1. The van der Waals surface area contributed by atoms with Crippen LogP contribution in [-0.2, 0) is 14.3 Å². The summed E-state index contributed by atoms with van der Waals surface area (Å²) >= 11 is 0. The maximum Gasteiger partial charge on any atom is 0.290 e. The molecule has 3 N–H and O–H groups in total. The van der Waals surface area contributed by atoms with E-state index in [9.17, 15) is 24.6 Å². The Hall–Kier alpha value is -3.57. The van der Waals surface area contributed by atoms with E-state index in [1.807, 2.05) is 0 Å². The Morgan fingerprint density at radius 1 is 1.20 bits per heavy atom. The van der Waals surface area contributed by atoms with Crippen molar-refractivity contribution in [2.24, 2.45) is 0 Å². The lowest BCUT2D eigenvalue weighted by atomic mass is 9.76. The summed E-state index contributed by atoms with van der Waals surface area (Å²) in [7, 11) is 1.42. The van der Waals surface area contributed by atoms with Gasteiger partial charge in [0.25, 0.3) is 17.7 Å².